The van der Waals surface area contributed by atoms with E-state index in [9.17, 15) is 9.90 Å². The number of aromatic nitrogens is 3. The Kier molecular flexibility index (Phi) is 9.00. The van der Waals surface area contributed by atoms with Crippen LogP contribution in [-0.4, -0.2) is 31.3 Å². The molecule has 0 saturated heterocycles. The van der Waals surface area contributed by atoms with Crippen LogP contribution >= 0.6 is 81.4 Å². The van der Waals surface area contributed by atoms with Gasteiger partial charge in [0.1, 0.15) is 5.25 Å². The summed E-state index contributed by atoms with van der Waals surface area (Å²) in [6.45, 7) is 0. The van der Waals surface area contributed by atoms with Gasteiger partial charge in [0.05, 0.1) is 0 Å². The zero-order valence-electron chi connectivity index (χ0n) is 16.6. The number of hydrogen-bond acceptors (Lipinski definition) is 5. The van der Waals surface area contributed by atoms with E-state index in [4.69, 9.17) is 69.6 Å². The second kappa shape index (κ2) is 11.2. The summed E-state index contributed by atoms with van der Waals surface area (Å²) in [4.78, 5) is 24.8. The number of carboxylic acids is 1. The van der Waals surface area contributed by atoms with Crippen LogP contribution in [0, 0.1) is 0 Å². The van der Waals surface area contributed by atoms with Crippen LogP contribution in [0.1, 0.15) is 23.6 Å². The predicted molar refractivity (Wildman–Crippen MR) is 136 cm³/mol. The summed E-state index contributed by atoms with van der Waals surface area (Å²) >= 11 is 36.8. The molecular weight excluding hydrogens is 571 g/mol. The summed E-state index contributed by atoms with van der Waals surface area (Å²) in [7, 11) is 0. The number of aryl methyl sites for hydroxylation is 1. The van der Waals surface area contributed by atoms with Crippen molar-refractivity contribution in [3.05, 3.63) is 71.8 Å². The molecule has 1 unspecified atom stereocenters. The maximum Gasteiger partial charge on any atom is 0.316 e. The molecule has 1 atom stereocenters. The predicted octanol–water partition coefficient (Wildman–Crippen LogP) is 7.37. The van der Waals surface area contributed by atoms with Crippen LogP contribution in [0.15, 0.2) is 59.5 Å². The second-order valence-electron chi connectivity index (χ2n) is 6.80. The molecule has 0 radical (unpaired) electrons. The van der Waals surface area contributed by atoms with Crippen molar-refractivity contribution in [2.45, 2.75) is 30.6 Å². The Bertz CT molecular complexity index is 1070. The number of thioether (sulfide) groups is 1. The van der Waals surface area contributed by atoms with Crippen molar-refractivity contribution in [2.75, 3.05) is 0 Å². The molecule has 0 bridgehead atoms. The van der Waals surface area contributed by atoms with Gasteiger partial charge in [-0.25, -0.2) is 15.0 Å². The van der Waals surface area contributed by atoms with Crippen molar-refractivity contribution in [2.24, 2.45) is 0 Å². The first-order chi connectivity index (χ1) is 15.4. The Balaban J connectivity index is 1.81. The van der Waals surface area contributed by atoms with Gasteiger partial charge in [0.15, 0.2) is 17.5 Å². The van der Waals surface area contributed by atoms with Crippen LogP contribution in [0.25, 0.3) is 11.4 Å². The van der Waals surface area contributed by atoms with E-state index in [-0.39, 0.29) is 17.5 Å². The zero-order chi connectivity index (χ0) is 24.2. The molecule has 1 aromatic heterocycles. The molecule has 1 heterocycles. The summed E-state index contributed by atoms with van der Waals surface area (Å²) in [5, 5.41) is 9.02. The van der Waals surface area contributed by atoms with Gasteiger partial charge >= 0.3 is 5.97 Å². The number of benzene rings is 2. The highest BCUT2D eigenvalue weighted by Crippen LogP contribution is 2.41. The fraction of sp³-hybridized carbons (Fsp3) is 0.238. The van der Waals surface area contributed by atoms with Gasteiger partial charge in [-0.1, -0.05) is 112 Å². The van der Waals surface area contributed by atoms with Gasteiger partial charge < -0.3 is 5.11 Å². The Morgan fingerprint density at radius 2 is 1.39 bits per heavy atom. The van der Waals surface area contributed by atoms with Crippen molar-refractivity contribution in [1.29, 1.82) is 0 Å². The van der Waals surface area contributed by atoms with Gasteiger partial charge in [-0.15, -0.1) is 11.8 Å². The molecule has 0 spiro atoms. The molecule has 0 aliphatic carbocycles. The van der Waals surface area contributed by atoms with Crippen molar-refractivity contribution in [3.8, 4) is 11.4 Å². The van der Waals surface area contributed by atoms with Gasteiger partial charge in [0.2, 0.25) is 7.59 Å². The van der Waals surface area contributed by atoms with E-state index in [1.165, 1.54) is 11.8 Å². The van der Waals surface area contributed by atoms with E-state index in [1.807, 2.05) is 30.3 Å². The largest absolute Gasteiger partial charge is 0.480 e. The summed E-state index contributed by atoms with van der Waals surface area (Å²) in [6, 6.07) is 16.7. The van der Waals surface area contributed by atoms with E-state index in [0.717, 1.165) is 10.5 Å². The molecule has 174 valence electrons. The quantitative estimate of drug-likeness (QED) is 0.230. The number of carboxylic acid groups (broad SMARTS) is 1. The van der Waals surface area contributed by atoms with Gasteiger partial charge in [-0.2, -0.15) is 0 Å². The van der Waals surface area contributed by atoms with Gasteiger partial charge in [-0.05, 0) is 30.5 Å². The average Bonchev–Trinajstić information content (AvgIpc) is 2.76. The molecule has 0 aliphatic heterocycles. The van der Waals surface area contributed by atoms with Crippen molar-refractivity contribution >= 4 is 87.3 Å². The zero-order valence-corrected chi connectivity index (χ0v) is 21.9. The number of aliphatic carboxylic acids is 1. The smallest absolute Gasteiger partial charge is 0.316 e. The monoisotopic (exact) mass is 583 g/mol. The first-order valence-electron chi connectivity index (χ1n) is 9.38. The summed E-state index contributed by atoms with van der Waals surface area (Å²) in [5.74, 6) is -1.12. The first kappa shape index (κ1) is 26.6. The van der Waals surface area contributed by atoms with E-state index in [1.54, 1.807) is 24.3 Å². The van der Waals surface area contributed by atoms with Crippen LogP contribution in [0.5, 0.6) is 0 Å². The molecule has 0 fully saturated rings. The lowest BCUT2D eigenvalue weighted by Crippen LogP contribution is -2.17. The molecule has 3 aromatic rings. The Hall–Kier alpha value is -0.990. The minimum Gasteiger partial charge on any atom is -0.480 e. The molecule has 0 aliphatic rings. The highest BCUT2D eigenvalue weighted by Gasteiger charge is 2.34. The van der Waals surface area contributed by atoms with Gasteiger partial charge in [-0.3, -0.25) is 4.79 Å². The Labute approximate surface area is 224 Å². The highest BCUT2D eigenvalue weighted by atomic mass is 35.6. The number of nitrogens with zero attached hydrogens (tertiary/aromatic N) is 3. The summed E-state index contributed by atoms with van der Waals surface area (Å²) in [5.41, 5.74) is 1.63. The number of carbonyl (C=O) groups is 1. The topological polar surface area (TPSA) is 76.0 Å². The first-order valence-corrected chi connectivity index (χ1v) is 12.5. The normalized spacial score (nSPS) is 13.0. The van der Waals surface area contributed by atoms with E-state index >= 15 is 0 Å². The lowest BCUT2D eigenvalue weighted by atomic mass is 10.1. The fourth-order valence-electron chi connectivity index (χ4n) is 2.78. The van der Waals surface area contributed by atoms with Crippen molar-refractivity contribution in [3.63, 3.8) is 0 Å². The summed E-state index contributed by atoms with van der Waals surface area (Å²) in [6.07, 6.45) is 1.14. The third-order valence-corrected chi connectivity index (χ3v) is 6.63. The maximum absolute atomic E-state index is 11.8. The molecule has 33 heavy (non-hydrogen) atoms. The van der Waals surface area contributed by atoms with Crippen LogP contribution < -0.4 is 0 Å². The SMILES string of the molecule is O=C(O)C(CCc1ccccc1)Sc1ccc(-c2nc(C(Cl)(Cl)Cl)nc(C(Cl)(Cl)Cl)n2)cc1. The summed E-state index contributed by atoms with van der Waals surface area (Å²) < 4.78 is -3.91. The molecule has 2 aromatic carbocycles. The third kappa shape index (κ3) is 7.76. The van der Waals surface area contributed by atoms with Gasteiger partial charge in [0.25, 0.3) is 0 Å². The molecule has 12 heteroatoms. The average molecular weight is 586 g/mol. The van der Waals surface area contributed by atoms with Crippen LogP contribution in [-0.2, 0) is 18.8 Å². The van der Waals surface area contributed by atoms with E-state index in [0.29, 0.717) is 18.4 Å². The highest BCUT2D eigenvalue weighted by molar-refractivity contribution is 8.00. The lowest BCUT2D eigenvalue weighted by molar-refractivity contribution is -0.136. The number of hydrogen-bond donors (Lipinski definition) is 1. The standard InChI is InChI=1S/C21H15Cl6N3O2S/c22-20(23,24)18-28-16(29-19(30-18)21(25,26)27)13-7-9-14(10-8-13)33-15(17(31)32)11-6-12-4-2-1-3-5-12/h1-5,7-10,15H,6,11H2,(H,31,32). The number of rotatable bonds is 7. The van der Waals surface area contributed by atoms with Crippen molar-refractivity contribution in [1.82, 2.24) is 15.0 Å². The Morgan fingerprint density at radius 3 is 1.88 bits per heavy atom. The number of halogens is 6. The van der Waals surface area contributed by atoms with Crippen LogP contribution in [0.3, 0.4) is 0 Å². The van der Waals surface area contributed by atoms with Crippen LogP contribution in [0.2, 0.25) is 0 Å². The van der Waals surface area contributed by atoms with Gasteiger partial charge in [0, 0.05) is 10.5 Å². The maximum atomic E-state index is 11.8. The molecule has 5 nitrogen and oxygen atoms in total. The van der Waals surface area contributed by atoms with Crippen molar-refractivity contribution < 1.29 is 9.90 Å². The lowest BCUT2D eigenvalue weighted by Gasteiger charge is -2.16. The molecular formula is C21H15Cl6N3O2S. The molecule has 1 N–H and O–H groups in total. The van der Waals surface area contributed by atoms with E-state index < -0.39 is 18.8 Å². The molecule has 0 saturated carbocycles. The molecule has 0 amide bonds. The fourth-order valence-corrected chi connectivity index (χ4v) is 4.25. The minimum absolute atomic E-state index is 0.142. The van der Waals surface area contributed by atoms with Crippen LogP contribution in [0.4, 0.5) is 0 Å². The van der Waals surface area contributed by atoms with E-state index in [2.05, 4.69) is 15.0 Å². The third-order valence-electron chi connectivity index (χ3n) is 4.35. The minimum atomic E-state index is -1.95. The number of alkyl halides is 6. The Morgan fingerprint density at radius 1 is 0.848 bits per heavy atom. The second-order valence-corrected chi connectivity index (χ2v) is 12.6. The molecule has 3 rings (SSSR count).